The molecule has 2 amide bonds. The number of ether oxygens (including phenoxy) is 2. The van der Waals surface area contributed by atoms with Crippen LogP contribution < -0.4 is 10.6 Å². The average molecular weight is 481 g/mol. The fraction of sp³-hybridized carbons (Fsp3) is 0.308. The zero-order valence-corrected chi connectivity index (χ0v) is 19.4. The second kappa shape index (κ2) is 11.8. The highest BCUT2D eigenvalue weighted by Crippen LogP contribution is 2.44. The molecule has 3 N–H and O–H groups in total. The number of alkyl carbamates (subject to hydrolysis) is 1. The number of fused-ring (bicyclic) bond motifs is 3. The summed E-state index contributed by atoms with van der Waals surface area (Å²) in [5.41, 5.74) is 4.23. The second-order valence-electron chi connectivity index (χ2n) is 8.10. The standard InChI is InChI=1S/C26H28N2O7/c1-3-14-34-25(32)16(2)27-24(31)22(12-13-23(29)30)28-26(33)35-15-21-19-10-6-4-8-17(19)18-9-5-7-11-20(18)21/h3-11,16,21-22H,1,12-15H2,2H3,(H,27,31)(H,28,33)(H,29,30)/t16-,22-/m0/s1. The fourth-order valence-electron chi connectivity index (χ4n) is 3.96. The second-order valence-corrected chi connectivity index (χ2v) is 8.10. The molecule has 1 aliphatic rings. The minimum atomic E-state index is -1.21. The van der Waals surface area contributed by atoms with E-state index in [1.165, 1.54) is 13.0 Å². The molecule has 0 unspecified atom stereocenters. The zero-order chi connectivity index (χ0) is 25.4. The molecule has 9 heteroatoms. The summed E-state index contributed by atoms with van der Waals surface area (Å²) in [6.45, 7) is 4.89. The summed E-state index contributed by atoms with van der Waals surface area (Å²) in [6.07, 6.45) is -0.0169. The molecule has 0 radical (unpaired) electrons. The molecule has 2 atom stereocenters. The Morgan fingerprint density at radius 3 is 2.17 bits per heavy atom. The first-order valence-corrected chi connectivity index (χ1v) is 11.2. The number of carboxylic acids is 1. The van der Waals surface area contributed by atoms with Crippen LogP contribution in [0.4, 0.5) is 4.79 Å². The highest BCUT2D eigenvalue weighted by Gasteiger charge is 2.30. The van der Waals surface area contributed by atoms with Gasteiger partial charge >= 0.3 is 18.0 Å². The normalized spacial score (nSPS) is 13.5. The third-order valence-electron chi connectivity index (χ3n) is 5.65. The lowest BCUT2D eigenvalue weighted by atomic mass is 9.98. The van der Waals surface area contributed by atoms with Gasteiger partial charge in [-0.05, 0) is 35.6 Å². The summed E-state index contributed by atoms with van der Waals surface area (Å²) < 4.78 is 10.3. The van der Waals surface area contributed by atoms with Gasteiger partial charge in [0.15, 0.2) is 0 Å². The van der Waals surface area contributed by atoms with Crippen molar-refractivity contribution in [2.45, 2.75) is 37.8 Å². The van der Waals surface area contributed by atoms with Crippen LogP contribution in [0.1, 0.15) is 36.8 Å². The Balaban J connectivity index is 1.63. The van der Waals surface area contributed by atoms with E-state index in [4.69, 9.17) is 14.6 Å². The summed E-state index contributed by atoms with van der Waals surface area (Å²) in [6, 6.07) is 13.5. The van der Waals surface area contributed by atoms with Crippen molar-refractivity contribution in [3.63, 3.8) is 0 Å². The molecule has 9 nitrogen and oxygen atoms in total. The summed E-state index contributed by atoms with van der Waals surface area (Å²) in [7, 11) is 0. The molecule has 35 heavy (non-hydrogen) atoms. The predicted molar refractivity (Wildman–Crippen MR) is 128 cm³/mol. The Kier molecular flexibility index (Phi) is 8.61. The molecule has 2 aromatic carbocycles. The maximum absolute atomic E-state index is 12.7. The maximum Gasteiger partial charge on any atom is 0.407 e. The Morgan fingerprint density at radius 1 is 1.00 bits per heavy atom. The van der Waals surface area contributed by atoms with E-state index in [1.54, 1.807) is 0 Å². The Morgan fingerprint density at radius 2 is 1.60 bits per heavy atom. The summed E-state index contributed by atoms with van der Waals surface area (Å²) >= 11 is 0. The van der Waals surface area contributed by atoms with Gasteiger partial charge < -0.3 is 25.2 Å². The lowest BCUT2D eigenvalue weighted by Gasteiger charge is -2.21. The highest BCUT2D eigenvalue weighted by molar-refractivity contribution is 5.90. The predicted octanol–water partition coefficient (Wildman–Crippen LogP) is 2.99. The first-order valence-electron chi connectivity index (χ1n) is 11.2. The first-order chi connectivity index (χ1) is 16.8. The van der Waals surface area contributed by atoms with Crippen LogP contribution in [0.25, 0.3) is 11.1 Å². The number of benzene rings is 2. The Labute approximate surface area is 203 Å². The van der Waals surface area contributed by atoms with Crippen LogP contribution in [0.5, 0.6) is 0 Å². The molecule has 0 bridgehead atoms. The van der Waals surface area contributed by atoms with E-state index in [-0.39, 0.29) is 32.0 Å². The average Bonchev–Trinajstić information content (AvgIpc) is 3.17. The van der Waals surface area contributed by atoms with E-state index in [1.807, 2.05) is 48.5 Å². The molecule has 2 aromatic rings. The lowest BCUT2D eigenvalue weighted by molar-refractivity contribution is -0.146. The van der Waals surface area contributed by atoms with Crippen LogP contribution in [-0.4, -0.2) is 54.3 Å². The molecule has 3 rings (SSSR count). The largest absolute Gasteiger partial charge is 0.481 e. The van der Waals surface area contributed by atoms with Crippen molar-refractivity contribution in [2.75, 3.05) is 13.2 Å². The molecular weight excluding hydrogens is 452 g/mol. The van der Waals surface area contributed by atoms with Gasteiger partial charge in [-0.15, -0.1) is 0 Å². The number of carbonyl (C=O) groups is 4. The molecule has 0 spiro atoms. The quantitative estimate of drug-likeness (QED) is 0.333. The van der Waals surface area contributed by atoms with Gasteiger partial charge in [-0.25, -0.2) is 9.59 Å². The van der Waals surface area contributed by atoms with E-state index in [9.17, 15) is 19.2 Å². The van der Waals surface area contributed by atoms with Gasteiger partial charge in [0.25, 0.3) is 0 Å². The molecule has 0 aromatic heterocycles. The van der Waals surface area contributed by atoms with Crippen molar-refractivity contribution >= 4 is 23.9 Å². The number of hydrogen-bond donors (Lipinski definition) is 3. The highest BCUT2D eigenvalue weighted by atomic mass is 16.5. The summed E-state index contributed by atoms with van der Waals surface area (Å²) in [4.78, 5) is 48.2. The van der Waals surface area contributed by atoms with Gasteiger partial charge in [-0.1, -0.05) is 61.2 Å². The van der Waals surface area contributed by atoms with Crippen molar-refractivity contribution in [3.05, 3.63) is 72.3 Å². The number of nitrogens with one attached hydrogen (secondary N) is 2. The number of hydrogen-bond acceptors (Lipinski definition) is 6. The van der Waals surface area contributed by atoms with E-state index >= 15 is 0 Å². The van der Waals surface area contributed by atoms with Crippen LogP contribution >= 0.6 is 0 Å². The number of esters is 1. The van der Waals surface area contributed by atoms with E-state index in [0.29, 0.717) is 0 Å². The van der Waals surface area contributed by atoms with Crippen LogP contribution in [0.2, 0.25) is 0 Å². The fourth-order valence-corrected chi connectivity index (χ4v) is 3.96. The summed E-state index contributed by atoms with van der Waals surface area (Å²) in [5, 5.41) is 13.9. The van der Waals surface area contributed by atoms with Crippen LogP contribution in [0, 0.1) is 0 Å². The van der Waals surface area contributed by atoms with E-state index in [0.717, 1.165) is 22.3 Å². The molecule has 1 aliphatic carbocycles. The number of aliphatic carboxylic acids is 1. The zero-order valence-electron chi connectivity index (χ0n) is 19.4. The van der Waals surface area contributed by atoms with Gasteiger partial charge in [0.1, 0.15) is 25.3 Å². The minimum Gasteiger partial charge on any atom is -0.481 e. The molecule has 0 saturated heterocycles. The van der Waals surface area contributed by atoms with Gasteiger partial charge in [-0.2, -0.15) is 0 Å². The third kappa shape index (κ3) is 6.47. The van der Waals surface area contributed by atoms with Gasteiger partial charge in [0.2, 0.25) is 5.91 Å². The van der Waals surface area contributed by atoms with Crippen LogP contribution in [0.3, 0.4) is 0 Å². The number of carboxylic acid groups (broad SMARTS) is 1. The van der Waals surface area contributed by atoms with E-state index < -0.39 is 36.0 Å². The number of rotatable bonds is 11. The van der Waals surface area contributed by atoms with Crippen molar-refractivity contribution in [1.82, 2.24) is 10.6 Å². The van der Waals surface area contributed by atoms with Crippen LogP contribution in [-0.2, 0) is 23.9 Å². The monoisotopic (exact) mass is 480 g/mol. The first kappa shape index (κ1) is 25.5. The van der Waals surface area contributed by atoms with Crippen molar-refractivity contribution < 1.29 is 33.8 Å². The molecule has 0 fully saturated rings. The molecular formula is C26H28N2O7. The van der Waals surface area contributed by atoms with Gasteiger partial charge in [-0.3, -0.25) is 9.59 Å². The van der Waals surface area contributed by atoms with Crippen molar-refractivity contribution in [2.24, 2.45) is 0 Å². The van der Waals surface area contributed by atoms with Gasteiger partial charge in [0.05, 0.1) is 0 Å². The molecule has 0 aliphatic heterocycles. The SMILES string of the molecule is C=CCOC(=O)[C@H](C)NC(=O)[C@H](CCC(=O)O)NC(=O)OCC1c2ccccc2-c2ccccc21. The third-order valence-corrected chi connectivity index (χ3v) is 5.65. The number of carbonyl (C=O) groups excluding carboxylic acids is 3. The summed E-state index contributed by atoms with van der Waals surface area (Å²) in [5.74, 6) is -2.70. The topological polar surface area (TPSA) is 131 Å². The van der Waals surface area contributed by atoms with Crippen molar-refractivity contribution in [1.29, 1.82) is 0 Å². The van der Waals surface area contributed by atoms with Crippen molar-refractivity contribution in [3.8, 4) is 11.1 Å². The smallest absolute Gasteiger partial charge is 0.407 e. The van der Waals surface area contributed by atoms with Crippen LogP contribution in [0.15, 0.2) is 61.2 Å². The number of amides is 2. The minimum absolute atomic E-state index is 0.0144. The maximum atomic E-state index is 12.7. The molecule has 184 valence electrons. The molecule has 0 heterocycles. The van der Waals surface area contributed by atoms with Gasteiger partial charge in [0, 0.05) is 12.3 Å². The lowest BCUT2D eigenvalue weighted by Crippen LogP contribution is -2.51. The Hall–Kier alpha value is -4.14. The molecule has 0 saturated carbocycles. The van der Waals surface area contributed by atoms with E-state index in [2.05, 4.69) is 17.2 Å². The Bertz CT molecular complexity index is 1070.